The first-order valence-corrected chi connectivity index (χ1v) is 5.07. The summed E-state index contributed by atoms with van der Waals surface area (Å²) in [7, 11) is 0. The lowest BCUT2D eigenvalue weighted by Gasteiger charge is -2.22. The third-order valence-electron chi connectivity index (χ3n) is 2.67. The van der Waals surface area contributed by atoms with Crippen LogP contribution in [0.4, 0.5) is 0 Å². The Labute approximate surface area is 83.4 Å². The zero-order valence-corrected chi connectivity index (χ0v) is 8.87. The van der Waals surface area contributed by atoms with E-state index in [-0.39, 0.29) is 11.9 Å². The van der Waals surface area contributed by atoms with E-state index in [1.807, 2.05) is 6.92 Å². The molecule has 0 saturated heterocycles. The number of rotatable bonds is 5. The van der Waals surface area contributed by atoms with E-state index in [4.69, 9.17) is 4.74 Å². The van der Waals surface area contributed by atoms with Crippen LogP contribution in [0.2, 0.25) is 0 Å². The largest absolute Gasteiger partial charge is 0.486 e. The topological polar surface area (TPSA) is 43.4 Å². The fourth-order valence-electron chi connectivity index (χ4n) is 1.41. The minimum Gasteiger partial charge on any atom is -0.486 e. The highest BCUT2D eigenvalue weighted by molar-refractivity contribution is 5.26. The zero-order chi connectivity index (χ0) is 10.7. The number of ether oxygens (including phenoxy) is 1. The van der Waals surface area contributed by atoms with E-state index >= 15 is 0 Å². The van der Waals surface area contributed by atoms with Crippen molar-refractivity contribution in [3.63, 3.8) is 0 Å². The number of hydrogen-bond donors (Lipinski definition) is 0. The van der Waals surface area contributed by atoms with Gasteiger partial charge in [0.1, 0.15) is 6.10 Å². The Balaban J connectivity index is 2.63. The Hall–Kier alpha value is -1.12. The van der Waals surface area contributed by atoms with Gasteiger partial charge in [-0.1, -0.05) is 27.2 Å². The molecule has 2 atom stereocenters. The maximum Gasteiger partial charge on any atom is 0.267 e. The van der Waals surface area contributed by atoms with Crippen LogP contribution in [-0.4, -0.2) is 6.10 Å². The normalized spacial score (nSPS) is 15.4. The van der Waals surface area contributed by atoms with E-state index in [0.717, 1.165) is 12.8 Å². The summed E-state index contributed by atoms with van der Waals surface area (Å²) in [6.45, 7) is 6.18. The highest BCUT2D eigenvalue weighted by Gasteiger charge is 2.19. The van der Waals surface area contributed by atoms with Crippen LogP contribution in [0.1, 0.15) is 33.6 Å². The van der Waals surface area contributed by atoms with Crippen molar-refractivity contribution in [2.45, 2.75) is 39.7 Å². The first kappa shape index (κ1) is 11.0. The van der Waals surface area contributed by atoms with Crippen LogP contribution in [0, 0.1) is 5.92 Å². The van der Waals surface area contributed by atoms with Crippen LogP contribution in [0.15, 0.2) is 15.7 Å². The molecule has 0 heterocycles. The van der Waals surface area contributed by atoms with Crippen molar-refractivity contribution in [1.82, 2.24) is 0 Å². The van der Waals surface area contributed by atoms with Gasteiger partial charge < -0.3 is 4.74 Å². The average molecular weight is 196 g/mol. The fraction of sp³-hybridized carbons (Fsp3) is 0.636. The molecule has 0 aromatic heterocycles. The smallest absolute Gasteiger partial charge is 0.267 e. The molecular weight excluding hydrogens is 180 g/mol. The number of hydrogen-bond acceptors (Lipinski definition) is 3. The van der Waals surface area contributed by atoms with E-state index in [2.05, 4.69) is 13.8 Å². The molecule has 0 aliphatic carbocycles. The molecule has 0 spiro atoms. The molecule has 0 saturated carbocycles. The van der Waals surface area contributed by atoms with Gasteiger partial charge in [0.2, 0.25) is 5.43 Å². The summed E-state index contributed by atoms with van der Waals surface area (Å²) in [4.78, 5) is 21.6. The standard InChI is InChI=1S/C11H16O3/c1-4-7(3)9(5-2)14-10-6-8(12)11(10)13/h6-7,9H,4-5H2,1-3H3. The van der Waals surface area contributed by atoms with Crippen molar-refractivity contribution in [1.29, 1.82) is 0 Å². The lowest BCUT2D eigenvalue weighted by Crippen LogP contribution is -2.35. The van der Waals surface area contributed by atoms with Crippen molar-refractivity contribution in [3.05, 3.63) is 26.5 Å². The van der Waals surface area contributed by atoms with E-state index in [1.54, 1.807) is 0 Å². The van der Waals surface area contributed by atoms with E-state index in [1.165, 1.54) is 6.07 Å². The van der Waals surface area contributed by atoms with Gasteiger partial charge in [0.25, 0.3) is 5.43 Å². The lowest BCUT2D eigenvalue weighted by molar-refractivity contribution is 0.132. The maximum atomic E-state index is 11.0. The lowest BCUT2D eigenvalue weighted by atomic mass is 10.00. The van der Waals surface area contributed by atoms with Gasteiger partial charge in [-0.25, -0.2) is 0 Å². The van der Waals surface area contributed by atoms with E-state index in [9.17, 15) is 9.59 Å². The molecule has 0 aliphatic rings. The molecule has 0 radical (unpaired) electrons. The highest BCUT2D eigenvalue weighted by Crippen LogP contribution is 2.16. The summed E-state index contributed by atoms with van der Waals surface area (Å²) in [5.41, 5.74) is -0.925. The van der Waals surface area contributed by atoms with E-state index in [0.29, 0.717) is 5.92 Å². The second-order valence-corrected chi connectivity index (χ2v) is 3.65. The van der Waals surface area contributed by atoms with Gasteiger partial charge in [-0.05, 0) is 12.3 Å². The van der Waals surface area contributed by atoms with Crippen LogP contribution in [-0.2, 0) is 0 Å². The van der Waals surface area contributed by atoms with Crippen molar-refractivity contribution >= 4 is 0 Å². The third-order valence-corrected chi connectivity index (χ3v) is 2.67. The summed E-state index contributed by atoms with van der Waals surface area (Å²) in [6, 6.07) is 1.27. The van der Waals surface area contributed by atoms with Gasteiger partial charge in [-0.2, -0.15) is 0 Å². The van der Waals surface area contributed by atoms with Gasteiger partial charge in [0, 0.05) is 6.07 Å². The molecule has 78 valence electrons. The van der Waals surface area contributed by atoms with Gasteiger partial charge in [-0.15, -0.1) is 0 Å². The summed E-state index contributed by atoms with van der Waals surface area (Å²) >= 11 is 0. The summed E-state index contributed by atoms with van der Waals surface area (Å²) in [5.74, 6) is 0.645. The second-order valence-electron chi connectivity index (χ2n) is 3.65. The molecule has 2 unspecified atom stereocenters. The molecule has 1 rings (SSSR count). The van der Waals surface area contributed by atoms with Crippen LogP contribution < -0.4 is 15.6 Å². The SMILES string of the molecule is CCC(C)C(CC)Oc1cc(=O)c1=O. The molecule has 0 amide bonds. The molecule has 1 aromatic rings. The van der Waals surface area contributed by atoms with Crippen LogP contribution >= 0.6 is 0 Å². The Morgan fingerprint density at radius 1 is 1.29 bits per heavy atom. The van der Waals surface area contributed by atoms with Crippen LogP contribution in [0.25, 0.3) is 0 Å². The average Bonchev–Trinajstić information content (AvgIpc) is 2.22. The van der Waals surface area contributed by atoms with Crippen molar-refractivity contribution < 1.29 is 4.74 Å². The molecule has 3 heteroatoms. The zero-order valence-electron chi connectivity index (χ0n) is 8.87. The first-order valence-electron chi connectivity index (χ1n) is 5.07. The first-order chi connectivity index (χ1) is 6.60. The molecule has 0 bridgehead atoms. The van der Waals surface area contributed by atoms with E-state index < -0.39 is 10.9 Å². The predicted molar refractivity (Wildman–Crippen MR) is 55.5 cm³/mol. The van der Waals surface area contributed by atoms with Crippen molar-refractivity contribution in [2.24, 2.45) is 5.92 Å². The predicted octanol–water partition coefficient (Wildman–Crippen LogP) is 1.49. The van der Waals surface area contributed by atoms with Gasteiger partial charge >= 0.3 is 0 Å². The molecule has 0 N–H and O–H groups in total. The molecule has 3 nitrogen and oxygen atoms in total. The van der Waals surface area contributed by atoms with Crippen molar-refractivity contribution in [2.75, 3.05) is 0 Å². The van der Waals surface area contributed by atoms with Gasteiger partial charge in [-0.3, -0.25) is 9.59 Å². The van der Waals surface area contributed by atoms with Crippen LogP contribution in [0.3, 0.4) is 0 Å². The minimum absolute atomic E-state index is 0.0447. The van der Waals surface area contributed by atoms with Crippen LogP contribution in [0.5, 0.6) is 5.75 Å². The molecular formula is C11H16O3. The third kappa shape index (κ3) is 2.03. The second kappa shape index (κ2) is 4.40. The molecule has 0 aliphatic heterocycles. The fourth-order valence-corrected chi connectivity index (χ4v) is 1.41. The summed E-state index contributed by atoms with van der Waals surface area (Å²) < 4.78 is 5.46. The minimum atomic E-state index is -0.480. The molecule has 1 aromatic carbocycles. The maximum absolute atomic E-state index is 11.0. The van der Waals surface area contributed by atoms with Gasteiger partial charge in [0.05, 0.1) is 0 Å². The highest BCUT2D eigenvalue weighted by atomic mass is 16.5. The Morgan fingerprint density at radius 2 is 1.93 bits per heavy atom. The molecule has 0 fully saturated rings. The quantitative estimate of drug-likeness (QED) is 0.670. The summed E-state index contributed by atoms with van der Waals surface area (Å²) in [6.07, 6.45) is 1.91. The monoisotopic (exact) mass is 196 g/mol. The van der Waals surface area contributed by atoms with Gasteiger partial charge in [0.15, 0.2) is 5.75 Å². The Bertz CT molecular complexity index is 360. The molecule has 14 heavy (non-hydrogen) atoms. The Kier molecular flexibility index (Phi) is 3.44. The Morgan fingerprint density at radius 3 is 2.29 bits per heavy atom. The van der Waals surface area contributed by atoms with Crippen molar-refractivity contribution in [3.8, 4) is 5.75 Å². The summed E-state index contributed by atoms with van der Waals surface area (Å²) in [5, 5.41) is 0.